The number of nitrogens with one attached hydrogen (secondary N) is 1. The summed E-state index contributed by atoms with van der Waals surface area (Å²) in [6.07, 6.45) is 2.14. The second-order valence-corrected chi connectivity index (χ2v) is 7.96. The van der Waals surface area contributed by atoms with Gasteiger partial charge in [-0.05, 0) is 65.1 Å². The Hall–Kier alpha value is -0.160. The highest BCUT2D eigenvalue weighted by atomic mass is 79.9. The highest BCUT2D eigenvalue weighted by molar-refractivity contribution is 9.11. The Labute approximate surface area is 135 Å². The molecule has 1 nitrogen and oxygen atoms in total. The second kappa shape index (κ2) is 7.58. The standard InChI is InChI=1S/C15H17Br2NS/c1-2-18-13(10-14-6-7-15(17)19-14)9-11-4-3-5-12(16)8-11/h3-8,13,18H,2,9-10H2,1H3. The molecule has 1 atom stereocenters. The van der Waals surface area contributed by atoms with Crippen molar-refractivity contribution in [3.05, 3.63) is 55.1 Å². The largest absolute Gasteiger partial charge is 0.314 e. The maximum Gasteiger partial charge on any atom is 0.0701 e. The smallest absolute Gasteiger partial charge is 0.0701 e. The topological polar surface area (TPSA) is 12.0 Å². The minimum absolute atomic E-state index is 0.491. The third-order valence-electron chi connectivity index (χ3n) is 2.94. The molecule has 0 radical (unpaired) electrons. The SMILES string of the molecule is CCNC(Cc1cccc(Br)c1)Cc1ccc(Br)s1. The second-order valence-electron chi connectivity index (χ2n) is 4.50. The number of hydrogen-bond donors (Lipinski definition) is 1. The molecule has 19 heavy (non-hydrogen) atoms. The predicted molar refractivity (Wildman–Crippen MR) is 91.0 cm³/mol. The molecule has 0 fully saturated rings. The summed E-state index contributed by atoms with van der Waals surface area (Å²) in [7, 11) is 0. The highest BCUT2D eigenvalue weighted by Gasteiger charge is 2.11. The van der Waals surface area contributed by atoms with E-state index < -0.39 is 0 Å². The van der Waals surface area contributed by atoms with Gasteiger partial charge in [-0.15, -0.1) is 11.3 Å². The van der Waals surface area contributed by atoms with Gasteiger partial charge in [0.1, 0.15) is 0 Å². The summed E-state index contributed by atoms with van der Waals surface area (Å²) in [5, 5.41) is 3.58. The van der Waals surface area contributed by atoms with Crippen molar-refractivity contribution >= 4 is 43.2 Å². The van der Waals surface area contributed by atoms with Gasteiger partial charge in [0, 0.05) is 15.4 Å². The zero-order valence-corrected chi connectivity index (χ0v) is 14.8. The van der Waals surface area contributed by atoms with Gasteiger partial charge in [0.05, 0.1) is 3.79 Å². The van der Waals surface area contributed by atoms with Crippen LogP contribution in [0.25, 0.3) is 0 Å². The van der Waals surface area contributed by atoms with Gasteiger partial charge in [0.2, 0.25) is 0 Å². The summed E-state index contributed by atoms with van der Waals surface area (Å²) < 4.78 is 2.36. The predicted octanol–water partition coefficient (Wildman–Crippen LogP) is 5.04. The van der Waals surface area contributed by atoms with Crippen molar-refractivity contribution in [2.24, 2.45) is 0 Å². The average Bonchev–Trinajstić information content (AvgIpc) is 2.75. The molecule has 2 rings (SSSR count). The van der Waals surface area contributed by atoms with Crippen molar-refractivity contribution in [1.29, 1.82) is 0 Å². The van der Waals surface area contributed by atoms with E-state index in [0.717, 1.165) is 23.9 Å². The lowest BCUT2D eigenvalue weighted by atomic mass is 10.0. The first-order valence-electron chi connectivity index (χ1n) is 6.39. The van der Waals surface area contributed by atoms with E-state index in [1.807, 2.05) is 11.3 Å². The fraction of sp³-hybridized carbons (Fsp3) is 0.333. The molecule has 2 aromatic rings. The van der Waals surface area contributed by atoms with Gasteiger partial charge in [-0.2, -0.15) is 0 Å². The van der Waals surface area contributed by atoms with Crippen LogP contribution in [0.4, 0.5) is 0 Å². The lowest BCUT2D eigenvalue weighted by Gasteiger charge is -2.17. The first-order chi connectivity index (χ1) is 9.17. The van der Waals surface area contributed by atoms with Gasteiger partial charge in [0.25, 0.3) is 0 Å². The number of thiophene rings is 1. The number of rotatable bonds is 6. The number of benzene rings is 1. The van der Waals surface area contributed by atoms with E-state index in [9.17, 15) is 0 Å². The molecule has 0 bridgehead atoms. The fourth-order valence-corrected chi connectivity index (χ4v) is 4.17. The van der Waals surface area contributed by atoms with Crippen LogP contribution in [-0.2, 0) is 12.8 Å². The van der Waals surface area contributed by atoms with Crippen LogP contribution >= 0.6 is 43.2 Å². The molecule has 1 aromatic carbocycles. The van der Waals surface area contributed by atoms with E-state index in [1.165, 1.54) is 14.2 Å². The van der Waals surface area contributed by atoms with Crippen molar-refractivity contribution < 1.29 is 0 Å². The van der Waals surface area contributed by atoms with Crippen molar-refractivity contribution in [2.45, 2.75) is 25.8 Å². The van der Waals surface area contributed by atoms with Crippen LogP contribution in [-0.4, -0.2) is 12.6 Å². The van der Waals surface area contributed by atoms with Gasteiger partial charge >= 0.3 is 0 Å². The zero-order chi connectivity index (χ0) is 13.7. The molecule has 102 valence electrons. The minimum Gasteiger partial charge on any atom is -0.314 e. The zero-order valence-electron chi connectivity index (χ0n) is 10.8. The Balaban J connectivity index is 2.03. The molecule has 1 aromatic heterocycles. The van der Waals surface area contributed by atoms with E-state index >= 15 is 0 Å². The number of likely N-dealkylation sites (N-methyl/N-ethyl adjacent to an activating group) is 1. The lowest BCUT2D eigenvalue weighted by molar-refractivity contribution is 0.524. The molecule has 0 amide bonds. The van der Waals surface area contributed by atoms with Crippen LogP contribution in [0.5, 0.6) is 0 Å². The fourth-order valence-electron chi connectivity index (χ4n) is 2.16. The summed E-state index contributed by atoms with van der Waals surface area (Å²) in [4.78, 5) is 1.42. The Morgan fingerprint density at radius 1 is 1.16 bits per heavy atom. The van der Waals surface area contributed by atoms with Crippen molar-refractivity contribution in [2.75, 3.05) is 6.54 Å². The average molecular weight is 403 g/mol. The normalized spacial score (nSPS) is 12.6. The van der Waals surface area contributed by atoms with Crippen LogP contribution in [0.2, 0.25) is 0 Å². The molecule has 0 aliphatic carbocycles. The third kappa shape index (κ3) is 5.03. The Bertz CT molecular complexity index is 524. The summed E-state index contributed by atoms with van der Waals surface area (Å²) in [5.74, 6) is 0. The van der Waals surface area contributed by atoms with Crippen LogP contribution in [0.3, 0.4) is 0 Å². The molecular formula is C15H17Br2NS. The van der Waals surface area contributed by atoms with Crippen LogP contribution < -0.4 is 5.32 Å². The Kier molecular flexibility index (Phi) is 6.07. The lowest BCUT2D eigenvalue weighted by Crippen LogP contribution is -2.32. The molecule has 0 aliphatic rings. The van der Waals surface area contributed by atoms with Crippen LogP contribution in [0.15, 0.2) is 44.7 Å². The van der Waals surface area contributed by atoms with E-state index in [0.29, 0.717) is 6.04 Å². The molecule has 1 unspecified atom stereocenters. The van der Waals surface area contributed by atoms with Gasteiger partial charge in [-0.1, -0.05) is 35.0 Å². The van der Waals surface area contributed by atoms with Crippen molar-refractivity contribution in [1.82, 2.24) is 5.32 Å². The van der Waals surface area contributed by atoms with Crippen LogP contribution in [0.1, 0.15) is 17.4 Å². The molecule has 1 heterocycles. The molecule has 1 N–H and O–H groups in total. The summed E-state index contributed by atoms with van der Waals surface area (Å²) in [6.45, 7) is 3.17. The first-order valence-corrected chi connectivity index (χ1v) is 8.79. The molecule has 0 saturated heterocycles. The molecule has 4 heteroatoms. The molecule has 0 saturated carbocycles. The van der Waals surface area contributed by atoms with Gasteiger partial charge < -0.3 is 5.32 Å². The van der Waals surface area contributed by atoms with E-state index in [1.54, 1.807) is 0 Å². The van der Waals surface area contributed by atoms with E-state index in [4.69, 9.17) is 0 Å². The summed E-state index contributed by atoms with van der Waals surface area (Å²) >= 11 is 8.89. The molecule has 0 aliphatic heterocycles. The van der Waals surface area contributed by atoms with E-state index in [2.05, 4.69) is 80.5 Å². The summed E-state index contributed by atoms with van der Waals surface area (Å²) in [6, 6.07) is 13.4. The first kappa shape index (κ1) is 15.2. The van der Waals surface area contributed by atoms with Gasteiger partial charge in [-0.25, -0.2) is 0 Å². The summed E-state index contributed by atoms with van der Waals surface area (Å²) in [5.41, 5.74) is 1.37. The molecule has 0 spiro atoms. The minimum atomic E-state index is 0.491. The van der Waals surface area contributed by atoms with E-state index in [-0.39, 0.29) is 0 Å². The maximum atomic E-state index is 3.58. The number of halogens is 2. The maximum absolute atomic E-state index is 3.58. The molecular weight excluding hydrogens is 386 g/mol. The van der Waals surface area contributed by atoms with Crippen LogP contribution in [0, 0.1) is 0 Å². The van der Waals surface area contributed by atoms with Gasteiger partial charge in [-0.3, -0.25) is 0 Å². The highest BCUT2D eigenvalue weighted by Crippen LogP contribution is 2.24. The van der Waals surface area contributed by atoms with Gasteiger partial charge in [0.15, 0.2) is 0 Å². The van der Waals surface area contributed by atoms with Crippen molar-refractivity contribution in [3.8, 4) is 0 Å². The third-order valence-corrected chi connectivity index (χ3v) is 5.08. The Morgan fingerprint density at radius 2 is 2.00 bits per heavy atom. The quantitative estimate of drug-likeness (QED) is 0.713. The Morgan fingerprint density at radius 3 is 2.63 bits per heavy atom. The monoisotopic (exact) mass is 401 g/mol. The number of hydrogen-bond acceptors (Lipinski definition) is 2. The van der Waals surface area contributed by atoms with Crippen molar-refractivity contribution in [3.63, 3.8) is 0 Å².